The molecule has 0 saturated heterocycles. The van der Waals surface area contributed by atoms with Crippen molar-refractivity contribution < 1.29 is 14.3 Å². The van der Waals surface area contributed by atoms with E-state index in [2.05, 4.69) is 49.3 Å². The third-order valence-electron chi connectivity index (χ3n) is 6.02. The monoisotopic (exact) mass is 592 g/mol. The molecule has 2 aromatic carbocycles. The van der Waals surface area contributed by atoms with Crippen molar-refractivity contribution in [2.24, 2.45) is 11.8 Å². The Labute approximate surface area is 219 Å². The Morgan fingerprint density at radius 1 is 1.00 bits per heavy atom. The number of anilines is 1. The van der Waals surface area contributed by atoms with Gasteiger partial charge in [0, 0.05) is 33.6 Å². The molecule has 5 nitrogen and oxygen atoms in total. The van der Waals surface area contributed by atoms with Gasteiger partial charge in [0.1, 0.15) is 5.60 Å². The van der Waals surface area contributed by atoms with Crippen LogP contribution in [0.15, 0.2) is 57.5 Å². The van der Waals surface area contributed by atoms with Gasteiger partial charge in [-0.1, -0.05) is 62.2 Å². The summed E-state index contributed by atoms with van der Waals surface area (Å²) in [5.41, 5.74) is 1.61. The van der Waals surface area contributed by atoms with E-state index in [0.717, 1.165) is 46.7 Å². The molecule has 7 heteroatoms. The van der Waals surface area contributed by atoms with Crippen LogP contribution in [0.25, 0.3) is 0 Å². The highest BCUT2D eigenvalue weighted by Gasteiger charge is 2.30. The molecule has 1 fully saturated rings. The van der Waals surface area contributed by atoms with E-state index in [1.807, 2.05) is 62.1 Å². The molecule has 1 aliphatic rings. The number of rotatable bonds is 7. The number of carbonyl (C=O) groups is 2. The number of ether oxygens (including phenoxy) is 1. The van der Waals surface area contributed by atoms with Crippen LogP contribution in [0.1, 0.15) is 52.0 Å². The largest absolute Gasteiger partial charge is 0.444 e. The fourth-order valence-corrected chi connectivity index (χ4v) is 5.59. The van der Waals surface area contributed by atoms with Gasteiger partial charge in [-0.15, -0.1) is 0 Å². The summed E-state index contributed by atoms with van der Waals surface area (Å²) in [7, 11) is 0. The number of halogens is 2. The molecule has 0 radical (unpaired) electrons. The Kier molecular flexibility index (Phi) is 9.60. The zero-order valence-electron chi connectivity index (χ0n) is 20.2. The van der Waals surface area contributed by atoms with Crippen LogP contribution in [-0.4, -0.2) is 30.7 Å². The Balaban J connectivity index is 1.62. The predicted octanol–water partition coefficient (Wildman–Crippen LogP) is 7.12. The number of alkyl carbamates (subject to hydrolysis) is 1. The summed E-state index contributed by atoms with van der Waals surface area (Å²) in [5.74, 6) is 0.542. The minimum atomic E-state index is -0.501. The number of hydrogen-bond acceptors (Lipinski definition) is 3. The first-order valence-corrected chi connectivity index (χ1v) is 13.5. The lowest BCUT2D eigenvalue weighted by atomic mass is 9.81. The summed E-state index contributed by atoms with van der Waals surface area (Å²) in [6.45, 7) is 6.79. The first-order valence-electron chi connectivity index (χ1n) is 11.9. The number of nitrogens with zero attached hydrogens (tertiary/aromatic N) is 1. The second-order valence-electron chi connectivity index (χ2n) is 9.95. The number of benzene rings is 2. The zero-order chi connectivity index (χ0) is 24.7. The van der Waals surface area contributed by atoms with Crippen molar-refractivity contribution in [3.63, 3.8) is 0 Å². The van der Waals surface area contributed by atoms with E-state index in [0.29, 0.717) is 19.0 Å². The van der Waals surface area contributed by atoms with Crippen molar-refractivity contribution in [1.29, 1.82) is 0 Å². The van der Waals surface area contributed by atoms with Gasteiger partial charge in [0.25, 0.3) is 0 Å². The van der Waals surface area contributed by atoms with Gasteiger partial charge in [0.15, 0.2) is 0 Å². The maximum absolute atomic E-state index is 13.7. The second kappa shape index (κ2) is 12.2. The third-order valence-corrected chi connectivity index (χ3v) is 6.94. The topological polar surface area (TPSA) is 58.6 Å². The van der Waals surface area contributed by atoms with E-state index in [4.69, 9.17) is 4.74 Å². The Hall–Kier alpha value is -1.86. The molecule has 1 N–H and O–H groups in total. The van der Waals surface area contributed by atoms with Crippen LogP contribution in [0.5, 0.6) is 0 Å². The highest BCUT2D eigenvalue weighted by Crippen LogP contribution is 2.33. The van der Waals surface area contributed by atoms with E-state index in [9.17, 15) is 9.59 Å². The molecule has 0 spiro atoms. The lowest BCUT2D eigenvalue weighted by Crippen LogP contribution is -2.40. The van der Waals surface area contributed by atoms with E-state index in [-0.39, 0.29) is 17.9 Å². The van der Waals surface area contributed by atoms with Crippen LogP contribution in [0.2, 0.25) is 0 Å². The third kappa shape index (κ3) is 8.42. The highest BCUT2D eigenvalue weighted by molar-refractivity contribution is 9.11. The van der Waals surface area contributed by atoms with E-state index >= 15 is 0 Å². The summed E-state index contributed by atoms with van der Waals surface area (Å²) in [6, 6.07) is 16.3. The van der Waals surface area contributed by atoms with E-state index in [1.165, 1.54) is 5.56 Å². The first-order chi connectivity index (χ1) is 16.1. The fourth-order valence-electron chi connectivity index (χ4n) is 4.32. The zero-order valence-corrected chi connectivity index (χ0v) is 23.3. The molecule has 1 aliphatic carbocycles. The Bertz CT molecular complexity index is 947. The number of nitrogens with one attached hydrogen (secondary N) is 1. The van der Waals surface area contributed by atoms with Crippen molar-refractivity contribution in [3.05, 3.63) is 63.0 Å². The van der Waals surface area contributed by atoms with Gasteiger partial charge < -0.3 is 15.0 Å². The highest BCUT2D eigenvalue weighted by atomic mass is 79.9. The summed E-state index contributed by atoms with van der Waals surface area (Å²) in [6.07, 6.45) is 3.92. The molecule has 0 heterocycles. The normalized spacial score (nSPS) is 18.3. The lowest BCUT2D eigenvalue weighted by Gasteiger charge is -2.32. The van der Waals surface area contributed by atoms with Gasteiger partial charge >= 0.3 is 6.09 Å². The molecule has 0 bridgehead atoms. The molecule has 2 aromatic rings. The number of carbonyl (C=O) groups excluding carboxylic acids is 2. The molecule has 34 heavy (non-hydrogen) atoms. The first kappa shape index (κ1) is 26.7. The van der Waals surface area contributed by atoms with Gasteiger partial charge in [-0.05, 0) is 82.6 Å². The molecular weight excluding hydrogens is 560 g/mol. The van der Waals surface area contributed by atoms with Gasteiger partial charge in [-0.2, -0.15) is 0 Å². The smallest absolute Gasteiger partial charge is 0.407 e. The quantitative estimate of drug-likeness (QED) is 0.372. The van der Waals surface area contributed by atoms with Crippen molar-refractivity contribution in [2.75, 3.05) is 18.0 Å². The predicted molar refractivity (Wildman–Crippen MR) is 144 cm³/mol. The fraction of sp³-hybridized carbons (Fsp3) is 0.481. The molecule has 2 amide bonds. The Morgan fingerprint density at radius 2 is 1.62 bits per heavy atom. The van der Waals surface area contributed by atoms with Crippen LogP contribution in [0.3, 0.4) is 0 Å². The van der Waals surface area contributed by atoms with Crippen molar-refractivity contribution in [3.8, 4) is 0 Å². The van der Waals surface area contributed by atoms with Gasteiger partial charge in [-0.25, -0.2) is 4.79 Å². The minimum absolute atomic E-state index is 0.00805. The van der Waals surface area contributed by atoms with Crippen molar-refractivity contribution in [1.82, 2.24) is 5.32 Å². The molecular formula is C27H34Br2N2O3. The van der Waals surface area contributed by atoms with Crippen LogP contribution in [-0.2, 0) is 16.0 Å². The van der Waals surface area contributed by atoms with E-state index < -0.39 is 5.60 Å². The lowest BCUT2D eigenvalue weighted by molar-refractivity contribution is -0.123. The van der Waals surface area contributed by atoms with Crippen LogP contribution in [0.4, 0.5) is 10.5 Å². The average molecular weight is 594 g/mol. The molecule has 0 unspecified atom stereocenters. The molecule has 0 aromatic heterocycles. The average Bonchev–Trinajstić information content (AvgIpc) is 2.77. The SMILES string of the molecule is CC(C)(C)OC(=O)NCC1CCC(C(=O)N(CCc2ccccc2)c2cc(Br)cc(Br)c2)CC1. The molecule has 0 atom stereocenters. The number of hydrogen-bond donors (Lipinski definition) is 1. The number of amides is 2. The van der Waals surface area contributed by atoms with Crippen LogP contribution in [0, 0.1) is 11.8 Å². The van der Waals surface area contributed by atoms with Crippen LogP contribution >= 0.6 is 31.9 Å². The summed E-state index contributed by atoms with van der Waals surface area (Å²) < 4.78 is 7.21. The Morgan fingerprint density at radius 3 is 2.21 bits per heavy atom. The standard InChI is InChI=1S/C27H34Br2N2O3/c1-27(2,3)34-26(33)30-18-20-9-11-21(12-10-20)25(32)31(14-13-19-7-5-4-6-8-19)24-16-22(28)15-23(29)17-24/h4-8,15-17,20-21H,9-14,18H2,1-3H3,(H,30,33). The summed E-state index contributed by atoms with van der Waals surface area (Å²) in [4.78, 5) is 27.6. The maximum atomic E-state index is 13.7. The summed E-state index contributed by atoms with van der Waals surface area (Å²) >= 11 is 7.13. The molecule has 184 valence electrons. The molecule has 3 rings (SSSR count). The van der Waals surface area contributed by atoms with Crippen molar-refractivity contribution >= 4 is 49.5 Å². The summed E-state index contributed by atoms with van der Waals surface area (Å²) in [5, 5.41) is 2.89. The van der Waals surface area contributed by atoms with Gasteiger partial charge in [0.05, 0.1) is 0 Å². The van der Waals surface area contributed by atoms with Crippen LogP contribution < -0.4 is 10.2 Å². The van der Waals surface area contributed by atoms with E-state index in [1.54, 1.807) is 0 Å². The van der Waals surface area contributed by atoms with Gasteiger partial charge in [-0.3, -0.25) is 4.79 Å². The van der Waals surface area contributed by atoms with Gasteiger partial charge in [0.2, 0.25) is 5.91 Å². The maximum Gasteiger partial charge on any atom is 0.407 e. The van der Waals surface area contributed by atoms with Crippen molar-refractivity contribution in [2.45, 2.75) is 58.5 Å². The molecule has 1 saturated carbocycles. The molecule has 0 aliphatic heterocycles. The minimum Gasteiger partial charge on any atom is -0.444 e. The second-order valence-corrected chi connectivity index (χ2v) is 11.8.